The highest BCUT2D eigenvalue weighted by Gasteiger charge is 2.17. The first-order valence-electron chi connectivity index (χ1n) is 7.50. The molecule has 0 aromatic heterocycles. The first-order chi connectivity index (χ1) is 10.1. The van der Waals surface area contributed by atoms with E-state index in [1.54, 1.807) is 12.1 Å². The van der Waals surface area contributed by atoms with Gasteiger partial charge in [-0.05, 0) is 55.6 Å². The summed E-state index contributed by atoms with van der Waals surface area (Å²) in [5.74, 6) is -0.620. The maximum atomic E-state index is 13.6. The van der Waals surface area contributed by atoms with Crippen LogP contribution in [-0.2, 0) is 11.3 Å². The molecule has 1 aliphatic heterocycles. The third-order valence-electron chi connectivity index (χ3n) is 4.16. The van der Waals surface area contributed by atoms with Crippen LogP contribution in [0.5, 0.6) is 0 Å². The molecule has 0 unspecified atom stereocenters. The van der Waals surface area contributed by atoms with Gasteiger partial charge in [0, 0.05) is 18.2 Å². The van der Waals surface area contributed by atoms with E-state index in [4.69, 9.17) is 5.11 Å². The minimum Gasteiger partial charge on any atom is -0.478 e. The lowest BCUT2D eigenvalue weighted by atomic mass is 9.94. The fraction of sp³-hybridized carbons (Fsp3) is 0.471. The quantitative estimate of drug-likeness (QED) is 0.843. The monoisotopic (exact) mass is 291 g/mol. The van der Waals surface area contributed by atoms with Crippen molar-refractivity contribution in [3.63, 3.8) is 0 Å². The van der Waals surface area contributed by atoms with Gasteiger partial charge in [-0.3, -0.25) is 4.90 Å². The fourth-order valence-corrected chi connectivity index (χ4v) is 2.79. The summed E-state index contributed by atoms with van der Waals surface area (Å²) in [6, 6.07) is 4.93. The molecule has 0 amide bonds. The van der Waals surface area contributed by atoms with Gasteiger partial charge in [0.2, 0.25) is 0 Å². The van der Waals surface area contributed by atoms with Gasteiger partial charge >= 0.3 is 5.97 Å². The standard InChI is InChI=1S/C17H22FNO2/c1-2-13-7-9-19(10-8-13)12-14-3-5-16(18)15(11-14)4-6-17(20)21/h3-6,11,13H,2,7-10,12H2,1H3,(H,20,21). The second-order valence-electron chi connectivity index (χ2n) is 5.66. The Bertz CT molecular complexity index is 520. The minimum atomic E-state index is -1.07. The van der Waals surface area contributed by atoms with Crippen molar-refractivity contribution in [1.82, 2.24) is 4.90 Å². The number of carboxylic acids is 1. The van der Waals surface area contributed by atoms with Gasteiger partial charge in [-0.15, -0.1) is 0 Å². The molecule has 1 aliphatic rings. The van der Waals surface area contributed by atoms with Gasteiger partial charge in [-0.1, -0.05) is 19.4 Å². The SMILES string of the molecule is CCC1CCN(Cc2ccc(F)c(C=CC(=O)O)c2)CC1. The topological polar surface area (TPSA) is 40.5 Å². The Hall–Kier alpha value is -1.68. The predicted octanol–water partition coefficient (Wildman–Crippen LogP) is 3.55. The average molecular weight is 291 g/mol. The summed E-state index contributed by atoms with van der Waals surface area (Å²) in [6.07, 6.45) is 5.97. The molecule has 4 heteroatoms. The molecule has 0 bridgehead atoms. The zero-order valence-corrected chi connectivity index (χ0v) is 12.4. The van der Waals surface area contributed by atoms with Crippen molar-refractivity contribution in [2.75, 3.05) is 13.1 Å². The zero-order chi connectivity index (χ0) is 15.2. The molecule has 21 heavy (non-hydrogen) atoms. The zero-order valence-electron chi connectivity index (χ0n) is 12.4. The van der Waals surface area contributed by atoms with Crippen molar-refractivity contribution < 1.29 is 14.3 Å². The third-order valence-corrected chi connectivity index (χ3v) is 4.16. The van der Waals surface area contributed by atoms with E-state index in [-0.39, 0.29) is 5.82 Å². The van der Waals surface area contributed by atoms with Crippen molar-refractivity contribution in [2.24, 2.45) is 5.92 Å². The lowest BCUT2D eigenvalue weighted by molar-refractivity contribution is -0.131. The van der Waals surface area contributed by atoms with Crippen LogP contribution < -0.4 is 0 Å². The second kappa shape index (κ2) is 7.36. The van der Waals surface area contributed by atoms with Gasteiger partial charge in [-0.2, -0.15) is 0 Å². The van der Waals surface area contributed by atoms with Gasteiger partial charge in [-0.25, -0.2) is 9.18 Å². The number of rotatable bonds is 5. The summed E-state index contributed by atoms with van der Waals surface area (Å²) in [7, 11) is 0. The summed E-state index contributed by atoms with van der Waals surface area (Å²) >= 11 is 0. The summed E-state index contributed by atoms with van der Waals surface area (Å²) in [4.78, 5) is 12.9. The molecule has 2 rings (SSSR count). The number of carbonyl (C=O) groups is 1. The van der Waals surface area contributed by atoms with Crippen LogP contribution in [0.3, 0.4) is 0 Å². The number of likely N-dealkylation sites (tertiary alicyclic amines) is 1. The van der Waals surface area contributed by atoms with Gasteiger partial charge in [0.1, 0.15) is 5.82 Å². The minimum absolute atomic E-state index is 0.332. The molecule has 1 aromatic rings. The molecule has 1 heterocycles. The average Bonchev–Trinajstić information content (AvgIpc) is 2.48. The maximum Gasteiger partial charge on any atom is 0.328 e. The smallest absolute Gasteiger partial charge is 0.328 e. The normalized spacial score (nSPS) is 17.4. The van der Waals surface area contributed by atoms with E-state index in [1.807, 2.05) is 0 Å². The van der Waals surface area contributed by atoms with E-state index in [9.17, 15) is 9.18 Å². The van der Waals surface area contributed by atoms with Crippen LogP contribution in [0, 0.1) is 11.7 Å². The van der Waals surface area contributed by atoms with Crippen LogP contribution in [0.15, 0.2) is 24.3 Å². The van der Waals surface area contributed by atoms with Crippen molar-refractivity contribution >= 4 is 12.0 Å². The molecule has 1 N–H and O–H groups in total. The molecule has 114 valence electrons. The molecular weight excluding hydrogens is 269 g/mol. The second-order valence-corrected chi connectivity index (χ2v) is 5.66. The van der Waals surface area contributed by atoms with Gasteiger partial charge in [0.05, 0.1) is 0 Å². The van der Waals surface area contributed by atoms with Crippen LogP contribution in [0.1, 0.15) is 37.3 Å². The Kier molecular flexibility index (Phi) is 5.51. The Labute approximate surface area is 125 Å². The van der Waals surface area contributed by atoms with Gasteiger partial charge < -0.3 is 5.11 Å². The summed E-state index contributed by atoms with van der Waals surface area (Å²) < 4.78 is 13.6. The van der Waals surface area contributed by atoms with E-state index in [1.165, 1.54) is 31.4 Å². The first-order valence-corrected chi connectivity index (χ1v) is 7.50. The lowest BCUT2D eigenvalue weighted by Crippen LogP contribution is -2.33. The Morgan fingerprint density at radius 1 is 1.43 bits per heavy atom. The third kappa shape index (κ3) is 4.67. The first kappa shape index (κ1) is 15.7. The summed E-state index contributed by atoms with van der Waals surface area (Å²) in [5.41, 5.74) is 1.36. The summed E-state index contributed by atoms with van der Waals surface area (Å²) in [5, 5.41) is 8.63. The van der Waals surface area contributed by atoms with E-state index in [0.717, 1.165) is 37.2 Å². The highest BCUT2D eigenvalue weighted by molar-refractivity contribution is 5.85. The number of piperidine rings is 1. The van der Waals surface area contributed by atoms with Crippen LogP contribution in [0.25, 0.3) is 6.08 Å². The van der Waals surface area contributed by atoms with E-state index in [2.05, 4.69) is 11.8 Å². The van der Waals surface area contributed by atoms with Gasteiger partial charge in [0.15, 0.2) is 0 Å². The number of benzene rings is 1. The van der Waals surface area contributed by atoms with E-state index >= 15 is 0 Å². The van der Waals surface area contributed by atoms with Crippen molar-refractivity contribution in [2.45, 2.75) is 32.7 Å². The molecule has 0 aliphatic carbocycles. The molecule has 0 atom stereocenters. The fourth-order valence-electron chi connectivity index (χ4n) is 2.79. The van der Waals surface area contributed by atoms with Crippen molar-refractivity contribution in [1.29, 1.82) is 0 Å². The van der Waals surface area contributed by atoms with Crippen LogP contribution in [-0.4, -0.2) is 29.1 Å². The molecule has 1 aromatic carbocycles. The molecule has 1 fully saturated rings. The lowest BCUT2D eigenvalue weighted by Gasteiger charge is -2.31. The summed E-state index contributed by atoms with van der Waals surface area (Å²) in [6.45, 7) is 5.19. The molecule has 1 saturated heterocycles. The van der Waals surface area contributed by atoms with Gasteiger partial charge in [0.25, 0.3) is 0 Å². The molecule has 3 nitrogen and oxygen atoms in total. The van der Waals surface area contributed by atoms with E-state index in [0.29, 0.717) is 5.56 Å². The Balaban J connectivity index is 2.01. The number of hydrogen-bond donors (Lipinski definition) is 1. The number of halogens is 1. The maximum absolute atomic E-state index is 13.6. The number of hydrogen-bond acceptors (Lipinski definition) is 2. The number of aliphatic carboxylic acids is 1. The predicted molar refractivity (Wildman–Crippen MR) is 81.4 cm³/mol. The number of nitrogens with zero attached hydrogens (tertiary/aromatic N) is 1. The largest absolute Gasteiger partial charge is 0.478 e. The molecule has 0 spiro atoms. The molecule has 0 radical (unpaired) electrons. The van der Waals surface area contributed by atoms with Crippen molar-refractivity contribution in [3.05, 3.63) is 41.2 Å². The van der Waals surface area contributed by atoms with E-state index < -0.39 is 5.97 Å². The Morgan fingerprint density at radius 3 is 2.76 bits per heavy atom. The van der Waals surface area contributed by atoms with Crippen LogP contribution in [0.2, 0.25) is 0 Å². The molecule has 0 saturated carbocycles. The molecular formula is C17H22FNO2. The Morgan fingerprint density at radius 2 is 2.14 bits per heavy atom. The van der Waals surface area contributed by atoms with Crippen LogP contribution in [0.4, 0.5) is 4.39 Å². The number of carboxylic acid groups (broad SMARTS) is 1. The highest BCUT2D eigenvalue weighted by atomic mass is 19.1. The van der Waals surface area contributed by atoms with Crippen molar-refractivity contribution in [3.8, 4) is 0 Å². The van der Waals surface area contributed by atoms with Crippen LogP contribution >= 0.6 is 0 Å². The highest BCUT2D eigenvalue weighted by Crippen LogP contribution is 2.22.